The summed E-state index contributed by atoms with van der Waals surface area (Å²) in [5, 5.41) is 8.53. The van der Waals surface area contributed by atoms with Gasteiger partial charge in [-0.15, -0.1) is 0 Å². The van der Waals surface area contributed by atoms with Gasteiger partial charge in [-0.25, -0.2) is 13.1 Å². The minimum absolute atomic E-state index is 0.0170. The first-order valence-corrected chi connectivity index (χ1v) is 14.8. The fourth-order valence-electron chi connectivity index (χ4n) is 3.93. The Morgan fingerprint density at radius 2 is 0.935 bits per heavy atom. The number of hydrogen-bond donors (Lipinski definition) is 2. The number of nitrogens with one attached hydrogen (secondary N) is 1. The Labute approximate surface area is 193 Å². The van der Waals surface area contributed by atoms with Crippen molar-refractivity contribution < 1.29 is 18.3 Å². The molecule has 0 spiro atoms. The topological polar surface area (TPSA) is 83.5 Å². The quantitative estimate of drug-likeness (QED) is 0.141. The van der Waals surface area contributed by atoms with Gasteiger partial charge >= 0.3 is 5.97 Å². The average Bonchev–Trinajstić information content (AvgIpc) is 2.72. The van der Waals surface area contributed by atoms with E-state index in [1.807, 2.05) is 0 Å². The zero-order valence-electron chi connectivity index (χ0n) is 20.3. The molecule has 0 aromatic rings. The molecule has 0 bridgehead atoms. The van der Waals surface area contributed by atoms with Crippen LogP contribution in [0.4, 0.5) is 0 Å². The average molecular weight is 462 g/mol. The Morgan fingerprint density at radius 1 is 0.613 bits per heavy atom. The van der Waals surface area contributed by atoms with Crippen LogP contribution in [0, 0.1) is 0 Å². The summed E-state index contributed by atoms with van der Waals surface area (Å²) in [5.41, 5.74) is 0. The molecule has 31 heavy (non-hydrogen) atoms. The molecule has 0 rings (SSSR count). The van der Waals surface area contributed by atoms with Crippen LogP contribution in [0.3, 0.4) is 0 Å². The third-order valence-electron chi connectivity index (χ3n) is 5.93. The maximum Gasteiger partial charge on any atom is 0.304 e. The van der Waals surface area contributed by atoms with Crippen molar-refractivity contribution in [3.05, 3.63) is 0 Å². The minimum atomic E-state index is -3.31. The number of sulfonamides is 1. The highest BCUT2D eigenvalue weighted by molar-refractivity contribution is 7.89. The van der Waals surface area contributed by atoms with Gasteiger partial charge < -0.3 is 5.11 Å². The second-order valence-electron chi connectivity index (χ2n) is 9.07. The summed E-state index contributed by atoms with van der Waals surface area (Å²) in [6.45, 7) is 2.26. The maximum absolute atomic E-state index is 11.7. The highest BCUT2D eigenvalue weighted by atomic mass is 32.2. The SMILES string of the molecule is CCCCCCCCCCCCCCCCCCCCCCS(=O)(=O)NCCC(=O)O. The molecule has 0 radical (unpaired) electrons. The monoisotopic (exact) mass is 461 g/mol. The van der Waals surface area contributed by atoms with Crippen LogP contribution in [0.25, 0.3) is 0 Å². The lowest BCUT2D eigenvalue weighted by Crippen LogP contribution is -2.28. The largest absolute Gasteiger partial charge is 0.481 e. The van der Waals surface area contributed by atoms with E-state index in [1.54, 1.807) is 0 Å². The van der Waals surface area contributed by atoms with Gasteiger partial charge in [0.25, 0.3) is 0 Å². The first-order chi connectivity index (χ1) is 15.0. The molecule has 0 saturated heterocycles. The van der Waals surface area contributed by atoms with E-state index in [1.165, 1.54) is 109 Å². The number of hydrogen-bond acceptors (Lipinski definition) is 3. The predicted octanol–water partition coefficient (Wildman–Crippen LogP) is 7.20. The Kier molecular flexibility index (Phi) is 22.1. The van der Waals surface area contributed by atoms with Gasteiger partial charge in [0.2, 0.25) is 10.0 Å². The van der Waals surface area contributed by atoms with Crippen molar-refractivity contribution in [3.63, 3.8) is 0 Å². The zero-order chi connectivity index (χ0) is 23.0. The number of carbonyl (C=O) groups is 1. The second kappa shape index (κ2) is 22.6. The van der Waals surface area contributed by atoms with E-state index in [2.05, 4.69) is 11.6 Å². The molecule has 0 fully saturated rings. The summed E-state index contributed by atoms with van der Waals surface area (Å²) in [6.07, 6.45) is 25.9. The Bertz CT molecular complexity index is 494. The van der Waals surface area contributed by atoms with Crippen LogP contribution in [-0.2, 0) is 14.8 Å². The standard InChI is InChI=1S/C25H51NO4S/c1-2-3-4-5-6-7-8-9-10-11-12-13-14-15-16-17-18-19-20-21-24-31(29,30)26-23-22-25(27)28/h26H,2-24H2,1H3,(H,27,28). The molecule has 0 atom stereocenters. The van der Waals surface area contributed by atoms with Crippen LogP contribution in [0.1, 0.15) is 142 Å². The summed E-state index contributed by atoms with van der Waals surface area (Å²) >= 11 is 0. The maximum atomic E-state index is 11.7. The molecule has 0 aliphatic heterocycles. The first-order valence-electron chi connectivity index (χ1n) is 13.2. The third-order valence-corrected chi connectivity index (χ3v) is 7.40. The molecule has 0 aromatic heterocycles. The van der Waals surface area contributed by atoms with E-state index in [0.29, 0.717) is 6.42 Å². The van der Waals surface area contributed by atoms with Crippen molar-refractivity contribution in [1.29, 1.82) is 0 Å². The Balaban J connectivity index is 3.21. The molecule has 0 amide bonds. The van der Waals surface area contributed by atoms with Crippen molar-refractivity contribution >= 4 is 16.0 Å². The fraction of sp³-hybridized carbons (Fsp3) is 0.960. The lowest BCUT2D eigenvalue weighted by Gasteiger charge is -2.06. The highest BCUT2D eigenvalue weighted by Crippen LogP contribution is 2.14. The zero-order valence-corrected chi connectivity index (χ0v) is 21.2. The van der Waals surface area contributed by atoms with Crippen LogP contribution >= 0.6 is 0 Å². The smallest absolute Gasteiger partial charge is 0.304 e. The summed E-state index contributed by atoms with van der Waals surface area (Å²) in [5.74, 6) is -0.882. The molecule has 186 valence electrons. The van der Waals surface area contributed by atoms with Crippen molar-refractivity contribution in [2.24, 2.45) is 0 Å². The van der Waals surface area contributed by atoms with Gasteiger partial charge in [-0.1, -0.05) is 129 Å². The van der Waals surface area contributed by atoms with Gasteiger partial charge in [0, 0.05) is 6.54 Å². The van der Waals surface area contributed by atoms with Gasteiger partial charge in [-0.3, -0.25) is 4.79 Å². The van der Waals surface area contributed by atoms with Gasteiger partial charge in [-0.05, 0) is 6.42 Å². The number of carboxylic acid groups (broad SMARTS) is 1. The summed E-state index contributed by atoms with van der Waals surface area (Å²) in [7, 11) is -3.31. The molecule has 0 aromatic carbocycles. The van der Waals surface area contributed by atoms with Crippen molar-refractivity contribution in [1.82, 2.24) is 4.72 Å². The molecule has 2 N–H and O–H groups in total. The molecule has 0 aliphatic carbocycles. The Morgan fingerprint density at radius 3 is 1.26 bits per heavy atom. The lowest BCUT2D eigenvalue weighted by molar-refractivity contribution is -0.136. The fourth-order valence-corrected chi connectivity index (χ4v) is 5.07. The third kappa shape index (κ3) is 25.5. The van der Waals surface area contributed by atoms with Crippen LogP contribution in [0.15, 0.2) is 0 Å². The van der Waals surface area contributed by atoms with Crippen LogP contribution in [0.2, 0.25) is 0 Å². The van der Waals surface area contributed by atoms with E-state index in [-0.39, 0.29) is 18.7 Å². The molecule has 5 nitrogen and oxygen atoms in total. The summed E-state index contributed by atoms with van der Waals surface area (Å²) < 4.78 is 25.7. The van der Waals surface area contributed by atoms with E-state index in [0.717, 1.165) is 12.8 Å². The van der Waals surface area contributed by atoms with E-state index >= 15 is 0 Å². The number of carboxylic acids is 1. The number of aliphatic carboxylic acids is 1. The van der Waals surface area contributed by atoms with Crippen molar-refractivity contribution in [2.75, 3.05) is 12.3 Å². The lowest BCUT2D eigenvalue weighted by atomic mass is 10.0. The normalized spacial score (nSPS) is 11.8. The summed E-state index contributed by atoms with van der Waals surface area (Å²) in [4.78, 5) is 10.4. The van der Waals surface area contributed by atoms with Crippen LogP contribution < -0.4 is 4.72 Å². The minimum Gasteiger partial charge on any atom is -0.481 e. The molecule has 0 heterocycles. The molecular formula is C25H51NO4S. The molecular weight excluding hydrogens is 410 g/mol. The van der Waals surface area contributed by atoms with E-state index in [9.17, 15) is 13.2 Å². The molecule has 0 saturated carbocycles. The second-order valence-corrected chi connectivity index (χ2v) is 11.0. The van der Waals surface area contributed by atoms with Gasteiger partial charge in [0.05, 0.1) is 12.2 Å². The molecule has 0 aliphatic rings. The molecule has 0 unspecified atom stereocenters. The van der Waals surface area contributed by atoms with Gasteiger partial charge in [-0.2, -0.15) is 0 Å². The molecule has 6 heteroatoms. The van der Waals surface area contributed by atoms with Crippen molar-refractivity contribution in [2.45, 2.75) is 142 Å². The first kappa shape index (κ1) is 30.4. The Hall–Kier alpha value is -0.620. The summed E-state index contributed by atoms with van der Waals surface area (Å²) in [6, 6.07) is 0. The van der Waals surface area contributed by atoms with Gasteiger partial charge in [0.15, 0.2) is 0 Å². The number of unbranched alkanes of at least 4 members (excludes halogenated alkanes) is 19. The highest BCUT2D eigenvalue weighted by Gasteiger charge is 2.09. The van der Waals surface area contributed by atoms with Crippen LogP contribution in [0.5, 0.6) is 0 Å². The van der Waals surface area contributed by atoms with E-state index in [4.69, 9.17) is 5.11 Å². The predicted molar refractivity (Wildman–Crippen MR) is 132 cm³/mol. The van der Waals surface area contributed by atoms with Gasteiger partial charge in [0.1, 0.15) is 0 Å². The number of rotatable bonds is 25. The van der Waals surface area contributed by atoms with E-state index < -0.39 is 16.0 Å². The van der Waals surface area contributed by atoms with Crippen molar-refractivity contribution in [3.8, 4) is 0 Å². The van der Waals surface area contributed by atoms with Crippen LogP contribution in [-0.4, -0.2) is 31.8 Å².